The van der Waals surface area contributed by atoms with Gasteiger partial charge in [-0.15, -0.1) is 0 Å². The predicted octanol–water partition coefficient (Wildman–Crippen LogP) is 4.96. The van der Waals surface area contributed by atoms with Gasteiger partial charge >= 0.3 is 6.09 Å². The Balaban J connectivity index is 1.57. The lowest BCUT2D eigenvalue weighted by Crippen LogP contribution is -2.47. The van der Waals surface area contributed by atoms with Crippen LogP contribution in [0.1, 0.15) is 52.5 Å². The van der Waals surface area contributed by atoms with E-state index in [9.17, 15) is 15.3 Å². The molecule has 1 spiro atoms. The number of nitriles is 2. The van der Waals surface area contributed by atoms with Gasteiger partial charge in [-0.05, 0) is 64.5 Å². The van der Waals surface area contributed by atoms with Crippen molar-refractivity contribution < 1.29 is 9.53 Å². The number of carbonyl (C=O) groups excluding carboxylic acids is 1. The van der Waals surface area contributed by atoms with Crippen molar-refractivity contribution in [1.29, 1.82) is 10.5 Å². The first-order chi connectivity index (χ1) is 13.5. The average molecular weight is 459 g/mol. The maximum Gasteiger partial charge on any atom is 0.410 e. The van der Waals surface area contributed by atoms with Gasteiger partial charge < -0.3 is 15.0 Å². The molecule has 1 N–H and O–H groups in total. The second-order valence-corrected chi connectivity index (χ2v) is 10.3. The number of anilines is 1. The van der Waals surface area contributed by atoms with Crippen molar-refractivity contribution in [1.82, 2.24) is 4.90 Å². The van der Waals surface area contributed by atoms with Gasteiger partial charge in [0.15, 0.2) is 5.41 Å². The Hall–Kier alpha value is -2.25. The van der Waals surface area contributed by atoms with Crippen molar-refractivity contribution in [2.75, 3.05) is 18.4 Å². The van der Waals surface area contributed by atoms with E-state index in [2.05, 4.69) is 33.4 Å². The normalized spacial score (nSPS) is 23.8. The summed E-state index contributed by atoms with van der Waals surface area (Å²) in [5.41, 5.74) is 0.171. The van der Waals surface area contributed by atoms with Crippen LogP contribution in [0.3, 0.4) is 0 Å². The van der Waals surface area contributed by atoms with E-state index in [-0.39, 0.29) is 11.5 Å². The molecule has 29 heavy (non-hydrogen) atoms. The highest BCUT2D eigenvalue weighted by atomic mass is 79.9. The second-order valence-electron chi connectivity index (χ2n) is 9.44. The molecule has 0 unspecified atom stereocenters. The van der Waals surface area contributed by atoms with Crippen LogP contribution in [0.5, 0.6) is 0 Å². The molecule has 6 nitrogen and oxygen atoms in total. The topological polar surface area (TPSA) is 89.2 Å². The molecule has 0 atom stereocenters. The summed E-state index contributed by atoms with van der Waals surface area (Å²) in [6, 6.07) is 10.2. The third-order valence-electron chi connectivity index (χ3n) is 5.77. The lowest BCUT2D eigenvalue weighted by Gasteiger charge is -2.45. The smallest absolute Gasteiger partial charge is 0.410 e. The van der Waals surface area contributed by atoms with E-state index < -0.39 is 11.0 Å². The molecule has 1 saturated carbocycles. The molecular formula is C22H27BrN4O2. The van der Waals surface area contributed by atoms with Crippen molar-refractivity contribution in [2.24, 2.45) is 5.41 Å². The van der Waals surface area contributed by atoms with E-state index in [1.54, 1.807) is 6.92 Å². The summed E-state index contributed by atoms with van der Waals surface area (Å²) in [6.45, 7) is 8.79. The quantitative estimate of drug-likeness (QED) is 0.691. The molecule has 1 amide bonds. The first-order valence-electron chi connectivity index (χ1n) is 9.86. The van der Waals surface area contributed by atoms with Crippen LogP contribution in [0.25, 0.3) is 0 Å². The molecule has 0 bridgehead atoms. The first-order valence-corrected chi connectivity index (χ1v) is 10.7. The monoisotopic (exact) mass is 458 g/mol. The molecule has 3 rings (SSSR count). The van der Waals surface area contributed by atoms with Crippen molar-refractivity contribution in [3.05, 3.63) is 28.2 Å². The van der Waals surface area contributed by atoms with E-state index in [1.165, 1.54) is 0 Å². The standard InChI is InChI=1S/C22H27BrN4O2/c1-20(2,3)29-19(28)27-8-7-22(14-27)10-16(11-22)26-15-5-6-17(18(23)9-15)21(4,12-24)13-25/h5-6,9,16,26H,7-8,10-11,14H2,1-4H3. The Morgan fingerprint density at radius 2 is 1.93 bits per heavy atom. The number of nitrogens with zero attached hydrogens (tertiary/aromatic N) is 3. The Morgan fingerprint density at radius 3 is 2.48 bits per heavy atom. The van der Waals surface area contributed by atoms with Crippen LogP contribution in [-0.4, -0.2) is 35.7 Å². The van der Waals surface area contributed by atoms with Crippen LogP contribution in [0, 0.1) is 28.1 Å². The Labute approximate surface area is 180 Å². The SMILES string of the molecule is CC(C)(C)OC(=O)N1CCC2(CC(Nc3ccc(C(C)(C#N)C#N)c(Br)c3)C2)C1. The molecule has 2 aliphatic rings. The minimum Gasteiger partial charge on any atom is -0.444 e. The van der Waals surface area contributed by atoms with Crippen LogP contribution in [0.4, 0.5) is 10.5 Å². The second kappa shape index (κ2) is 7.54. The largest absolute Gasteiger partial charge is 0.444 e. The van der Waals surface area contributed by atoms with Crippen LogP contribution in [0.15, 0.2) is 22.7 Å². The highest BCUT2D eigenvalue weighted by molar-refractivity contribution is 9.10. The summed E-state index contributed by atoms with van der Waals surface area (Å²) in [6.07, 6.45) is 2.82. The maximum absolute atomic E-state index is 12.3. The van der Waals surface area contributed by atoms with Gasteiger partial charge in [0.25, 0.3) is 0 Å². The Kier molecular flexibility index (Phi) is 5.58. The molecular weight excluding hydrogens is 432 g/mol. The number of rotatable bonds is 3. The van der Waals surface area contributed by atoms with Gasteiger partial charge in [0, 0.05) is 34.9 Å². The molecule has 0 aromatic heterocycles. The van der Waals surface area contributed by atoms with Gasteiger partial charge in [-0.1, -0.05) is 22.0 Å². The molecule has 1 aliphatic heterocycles. The maximum atomic E-state index is 12.3. The highest BCUT2D eigenvalue weighted by Crippen LogP contribution is 2.49. The van der Waals surface area contributed by atoms with E-state index in [4.69, 9.17) is 4.74 Å². The highest BCUT2D eigenvalue weighted by Gasteiger charge is 2.50. The molecule has 1 aromatic carbocycles. The average Bonchev–Trinajstić information content (AvgIpc) is 3.05. The number of hydrogen-bond acceptors (Lipinski definition) is 5. The van der Waals surface area contributed by atoms with Gasteiger partial charge in [-0.2, -0.15) is 10.5 Å². The molecule has 1 heterocycles. The fourth-order valence-corrected chi connectivity index (χ4v) is 5.01. The Morgan fingerprint density at radius 1 is 1.28 bits per heavy atom. The van der Waals surface area contributed by atoms with Crippen molar-refractivity contribution >= 4 is 27.7 Å². The molecule has 154 valence electrons. The van der Waals surface area contributed by atoms with Gasteiger partial charge in [0.1, 0.15) is 5.60 Å². The minimum atomic E-state index is -1.17. The van der Waals surface area contributed by atoms with E-state index in [0.29, 0.717) is 11.6 Å². The zero-order chi connectivity index (χ0) is 21.4. The summed E-state index contributed by atoms with van der Waals surface area (Å²) >= 11 is 3.50. The van der Waals surface area contributed by atoms with Crippen molar-refractivity contribution in [3.8, 4) is 12.1 Å². The number of benzene rings is 1. The number of hydrogen-bond donors (Lipinski definition) is 1. The van der Waals surface area contributed by atoms with E-state index in [0.717, 1.165) is 42.5 Å². The molecule has 7 heteroatoms. The zero-order valence-electron chi connectivity index (χ0n) is 17.4. The lowest BCUT2D eigenvalue weighted by atomic mass is 9.65. The molecule has 2 fully saturated rings. The summed E-state index contributed by atoms with van der Waals surface area (Å²) in [7, 11) is 0. The zero-order valence-corrected chi connectivity index (χ0v) is 19.0. The van der Waals surface area contributed by atoms with Crippen molar-refractivity contribution in [2.45, 2.75) is 64.0 Å². The van der Waals surface area contributed by atoms with Gasteiger partial charge in [0.2, 0.25) is 0 Å². The number of amides is 1. The first kappa shape index (κ1) is 21.5. The van der Waals surface area contributed by atoms with Gasteiger partial charge in [-0.25, -0.2) is 4.79 Å². The van der Waals surface area contributed by atoms with Crippen LogP contribution in [-0.2, 0) is 10.2 Å². The van der Waals surface area contributed by atoms with Crippen molar-refractivity contribution in [3.63, 3.8) is 0 Å². The van der Waals surface area contributed by atoms with Crippen LogP contribution >= 0.6 is 15.9 Å². The summed E-state index contributed by atoms with van der Waals surface area (Å²) in [5.74, 6) is 0. The minimum absolute atomic E-state index is 0.186. The Bertz CT molecular complexity index is 874. The molecule has 1 saturated heterocycles. The molecule has 1 aromatic rings. The summed E-state index contributed by atoms with van der Waals surface area (Å²) in [4.78, 5) is 14.1. The fraction of sp³-hybridized carbons (Fsp3) is 0.591. The third kappa shape index (κ3) is 4.51. The summed E-state index contributed by atoms with van der Waals surface area (Å²) < 4.78 is 6.25. The molecule has 1 aliphatic carbocycles. The number of likely N-dealkylation sites (tertiary alicyclic amines) is 1. The number of ether oxygens (including phenoxy) is 1. The van der Waals surface area contributed by atoms with Gasteiger partial charge in [0.05, 0.1) is 12.1 Å². The molecule has 0 radical (unpaired) electrons. The lowest BCUT2D eigenvalue weighted by molar-refractivity contribution is 0.0237. The van der Waals surface area contributed by atoms with Gasteiger partial charge in [-0.3, -0.25) is 0 Å². The van der Waals surface area contributed by atoms with E-state index >= 15 is 0 Å². The fourth-order valence-electron chi connectivity index (χ4n) is 4.23. The number of carbonyl (C=O) groups is 1. The predicted molar refractivity (Wildman–Crippen MR) is 114 cm³/mol. The van der Waals surface area contributed by atoms with Crippen LogP contribution < -0.4 is 5.32 Å². The van der Waals surface area contributed by atoms with E-state index in [1.807, 2.05) is 43.9 Å². The summed E-state index contributed by atoms with van der Waals surface area (Å²) in [5, 5.41) is 22.2. The number of halogens is 1. The third-order valence-corrected chi connectivity index (χ3v) is 6.43. The number of nitrogens with one attached hydrogen (secondary N) is 1. The van der Waals surface area contributed by atoms with Crippen LogP contribution in [0.2, 0.25) is 0 Å².